The minimum absolute atomic E-state index is 0. The third kappa shape index (κ3) is 5.27. The van der Waals surface area contributed by atoms with Gasteiger partial charge in [-0.1, -0.05) is 31.4 Å². The van der Waals surface area contributed by atoms with E-state index in [1.165, 1.54) is 11.1 Å². The van der Waals surface area contributed by atoms with Crippen molar-refractivity contribution in [2.24, 2.45) is 4.99 Å². The first kappa shape index (κ1) is 24.6. The Morgan fingerprint density at radius 3 is 2.94 bits per heavy atom. The van der Waals surface area contributed by atoms with Crippen molar-refractivity contribution in [3.05, 3.63) is 132 Å². The van der Waals surface area contributed by atoms with E-state index in [-0.39, 0.29) is 2.85 Å². The van der Waals surface area contributed by atoms with Crippen LogP contribution in [0.3, 0.4) is 0 Å². The van der Waals surface area contributed by atoms with Crippen molar-refractivity contribution in [3.63, 3.8) is 0 Å². The number of pyridine rings is 2. The molecule has 1 aliphatic carbocycles. The smallest absolute Gasteiger partial charge is 0.0906 e. The summed E-state index contributed by atoms with van der Waals surface area (Å²) < 4.78 is 0. The van der Waals surface area contributed by atoms with Gasteiger partial charge in [0.2, 0.25) is 0 Å². The molecular weight excluding hydrogens is 442 g/mol. The predicted octanol–water partition coefficient (Wildman–Crippen LogP) is 7.06. The van der Waals surface area contributed by atoms with E-state index in [1.54, 1.807) is 12.4 Å². The van der Waals surface area contributed by atoms with Gasteiger partial charge in [-0.25, -0.2) is 0 Å². The van der Waals surface area contributed by atoms with Gasteiger partial charge in [0.15, 0.2) is 0 Å². The number of allylic oxidation sites excluding steroid dienone is 8. The molecule has 0 saturated heterocycles. The summed E-state index contributed by atoms with van der Waals surface area (Å²) in [5, 5.41) is 6.72. The van der Waals surface area contributed by atoms with Crippen molar-refractivity contribution in [2.45, 2.75) is 26.7 Å². The number of rotatable bonds is 8. The molecule has 5 heteroatoms. The highest BCUT2D eigenvalue weighted by Crippen LogP contribution is 2.37. The van der Waals surface area contributed by atoms with Gasteiger partial charge in [-0.2, -0.15) is 0 Å². The fourth-order valence-electron chi connectivity index (χ4n) is 4.37. The molecule has 0 saturated carbocycles. The zero-order valence-electron chi connectivity index (χ0n) is 20.9. The number of aromatic nitrogens is 2. The van der Waals surface area contributed by atoms with Gasteiger partial charge < -0.3 is 10.6 Å². The third-order valence-electron chi connectivity index (χ3n) is 6.05. The van der Waals surface area contributed by atoms with Gasteiger partial charge in [-0.05, 0) is 79.3 Å². The fourth-order valence-corrected chi connectivity index (χ4v) is 4.37. The van der Waals surface area contributed by atoms with Crippen molar-refractivity contribution in [2.75, 3.05) is 11.9 Å². The van der Waals surface area contributed by atoms with Crippen LogP contribution < -0.4 is 10.6 Å². The summed E-state index contributed by atoms with van der Waals surface area (Å²) in [5.41, 5.74) is 13.2. The van der Waals surface area contributed by atoms with E-state index >= 15 is 0 Å². The second-order valence-corrected chi connectivity index (χ2v) is 8.24. The number of nitrogens with one attached hydrogen (secondary N) is 2. The van der Waals surface area contributed by atoms with Crippen molar-refractivity contribution in [1.82, 2.24) is 15.3 Å². The quantitative estimate of drug-likeness (QED) is 0.316. The van der Waals surface area contributed by atoms with Crippen LogP contribution in [-0.4, -0.2) is 22.7 Å². The first-order valence-corrected chi connectivity index (χ1v) is 12.1. The van der Waals surface area contributed by atoms with E-state index < -0.39 is 0 Å². The van der Waals surface area contributed by atoms with E-state index in [4.69, 9.17) is 4.98 Å². The highest BCUT2D eigenvalue weighted by Gasteiger charge is 2.22. The van der Waals surface area contributed by atoms with Crippen molar-refractivity contribution in [1.29, 1.82) is 0 Å². The third-order valence-corrected chi connectivity index (χ3v) is 6.05. The van der Waals surface area contributed by atoms with Crippen LogP contribution in [0.2, 0.25) is 0 Å². The lowest BCUT2D eigenvalue weighted by molar-refractivity contribution is 0.917. The van der Waals surface area contributed by atoms with Crippen LogP contribution in [0.4, 0.5) is 5.69 Å². The summed E-state index contributed by atoms with van der Waals surface area (Å²) in [6.45, 7) is 12.8. The molecule has 2 aromatic heterocycles. The Hall–Kier alpha value is -4.47. The average molecular weight is 478 g/mol. The topological polar surface area (TPSA) is 62.2 Å². The Kier molecular flexibility index (Phi) is 8.07. The molecule has 1 aliphatic heterocycles. The molecular formula is C31H35N5. The molecule has 4 rings (SSSR count). The first-order chi connectivity index (χ1) is 17.7. The average Bonchev–Trinajstić information content (AvgIpc) is 2.93. The molecule has 0 fully saturated rings. The molecule has 36 heavy (non-hydrogen) atoms. The maximum atomic E-state index is 4.73. The van der Waals surface area contributed by atoms with Gasteiger partial charge in [0.05, 0.1) is 17.6 Å². The molecule has 2 aliphatic rings. The zero-order valence-corrected chi connectivity index (χ0v) is 20.9. The molecule has 0 atom stereocenters. The molecule has 0 amide bonds. The van der Waals surface area contributed by atoms with Gasteiger partial charge in [-0.3, -0.25) is 15.0 Å². The van der Waals surface area contributed by atoms with Crippen LogP contribution in [0.5, 0.6) is 0 Å². The number of fused-ring (bicyclic) bond motifs is 1. The molecule has 0 aromatic carbocycles. The Morgan fingerprint density at radius 2 is 2.22 bits per heavy atom. The van der Waals surface area contributed by atoms with Crippen LogP contribution in [-0.2, 0) is 6.42 Å². The number of dihydropyridines is 1. The van der Waals surface area contributed by atoms with Crippen LogP contribution >= 0.6 is 0 Å². The molecule has 5 nitrogen and oxygen atoms in total. The number of nitrogens with zero attached hydrogens (tertiary/aromatic N) is 3. The summed E-state index contributed by atoms with van der Waals surface area (Å²) in [6.07, 6.45) is 21.7. The first-order valence-electron chi connectivity index (χ1n) is 12.1. The molecule has 0 spiro atoms. The highest BCUT2D eigenvalue weighted by atomic mass is 14.9. The van der Waals surface area contributed by atoms with Gasteiger partial charge in [-0.15, -0.1) is 5.73 Å². The van der Waals surface area contributed by atoms with Gasteiger partial charge in [0.1, 0.15) is 0 Å². The van der Waals surface area contributed by atoms with E-state index in [0.717, 1.165) is 64.4 Å². The van der Waals surface area contributed by atoms with Crippen molar-refractivity contribution >= 4 is 23.0 Å². The highest BCUT2D eigenvalue weighted by molar-refractivity contribution is 6.12. The summed E-state index contributed by atoms with van der Waals surface area (Å²) >= 11 is 0. The molecule has 184 valence electrons. The zero-order chi connectivity index (χ0) is 25.3. The molecule has 0 bridgehead atoms. The number of hydrogen-bond acceptors (Lipinski definition) is 5. The second-order valence-electron chi connectivity index (χ2n) is 8.24. The maximum Gasteiger partial charge on any atom is 0.0906 e. The molecule has 0 unspecified atom stereocenters. The van der Waals surface area contributed by atoms with Crippen LogP contribution in [0.1, 0.15) is 39.9 Å². The van der Waals surface area contributed by atoms with Gasteiger partial charge >= 0.3 is 0 Å². The fraction of sp³-hybridized carbons (Fsp3) is 0.161. The van der Waals surface area contributed by atoms with Crippen LogP contribution in [0, 0.1) is 0 Å². The molecule has 3 heterocycles. The summed E-state index contributed by atoms with van der Waals surface area (Å²) in [5.74, 6) is 0. The SMILES string of the molecule is C=C=C(Nc1cccnc1)/C(C=C)=C1\C=C(C2=CCCc3nccc(/C(C=NCC)=C/C)c32)C=CN1.[HH].[HH]. The minimum Gasteiger partial charge on any atom is -0.361 e. The Balaban J connectivity index is 0.00000253. The normalized spacial score (nSPS) is 16.3. The van der Waals surface area contributed by atoms with E-state index in [1.807, 2.05) is 43.7 Å². The predicted molar refractivity (Wildman–Crippen MR) is 156 cm³/mol. The van der Waals surface area contributed by atoms with Crippen LogP contribution in [0.15, 0.2) is 120 Å². The molecule has 0 radical (unpaired) electrons. The number of anilines is 1. The summed E-state index contributed by atoms with van der Waals surface area (Å²) in [7, 11) is 0. The Bertz CT molecular complexity index is 1390. The largest absolute Gasteiger partial charge is 0.361 e. The van der Waals surface area contributed by atoms with Gasteiger partial charge in [0.25, 0.3) is 0 Å². The van der Waals surface area contributed by atoms with Crippen molar-refractivity contribution in [3.8, 4) is 0 Å². The minimum atomic E-state index is 0. The standard InChI is InChI=1S/C31H31N5.2H2/c1-5-22(20-32-8-4)27-15-18-34-29-13-9-12-26(31(27)29)23-14-17-35-30(19-23)25(6-2)28(7-3)36-24-11-10-16-33-21-24;;/h5-6,10-12,14-21,35-36H,2-3,8-9,13H2,1,4H3;2*1H/b22-5+,30-25+,32-20?;;. The van der Waals surface area contributed by atoms with Gasteiger partial charge in [0, 0.05) is 56.7 Å². The van der Waals surface area contributed by atoms with Crippen LogP contribution in [0.25, 0.3) is 11.1 Å². The summed E-state index contributed by atoms with van der Waals surface area (Å²) in [6, 6.07) is 5.92. The second kappa shape index (κ2) is 11.8. The number of aryl methyl sites for hydroxylation is 1. The number of hydrogen-bond donors (Lipinski definition) is 2. The lowest BCUT2D eigenvalue weighted by atomic mass is 9.83. The molecule has 2 N–H and O–H groups in total. The lowest BCUT2D eigenvalue weighted by Crippen LogP contribution is -2.15. The maximum absolute atomic E-state index is 4.73. The van der Waals surface area contributed by atoms with E-state index in [2.05, 4.69) is 76.8 Å². The van der Waals surface area contributed by atoms with E-state index in [0.29, 0.717) is 0 Å². The Morgan fingerprint density at radius 1 is 1.33 bits per heavy atom. The summed E-state index contributed by atoms with van der Waals surface area (Å²) in [4.78, 5) is 13.4. The lowest BCUT2D eigenvalue weighted by Gasteiger charge is -2.24. The van der Waals surface area contributed by atoms with Crippen molar-refractivity contribution < 1.29 is 2.85 Å². The molecule has 2 aromatic rings. The Labute approximate surface area is 216 Å². The van der Waals surface area contributed by atoms with E-state index in [9.17, 15) is 0 Å². The monoisotopic (exact) mass is 477 g/mol. The number of aliphatic imine (C=N–C) groups is 1.